The number of rotatable bonds is 10. The molecule has 150 valence electrons. The lowest BCUT2D eigenvalue weighted by atomic mass is 10.1. The molecule has 7 heteroatoms. The van der Waals surface area contributed by atoms with Crippen molar-refractivity contribution in [1.82, 2.24) is 5.32 Å². The number of amides is 2. The van der Waals surface area contributed by atoms with E-state index in [1.165, 1.54) is 0 Å². The molecule has 0 bridgehead atoms. The van der Waals surface area contributed by atoms with Crippen molar-refractivity contribution in [2.75, 3.05) is 32.7 Å². The lowest BCUT2D eigenvalue weighted by molar-refractivity contribution is -0.122. The van der Waals surface area contributed by atoms with E-state index in [4.69, 9.17) is 14.2 Å². The van der Waals surface area contributed by atoms with Gasteiger partial charge in [0, 0.05) is 13.7 Å². The maximum atomic E-state index is 12.7. The molecule has 0 saturated heterocycles. The molecule has 0 unspecified atom stereocenters. The van der Waals surface area contributed by atoms with Gasteiger partial charge in [-0.3, -0.25) is 9.59 Å². The lowest BCUT2D eigenvalue weighted by Gasteiger charge is -2.18. The maximum Gasteiger partial charge on any atom is 0.265 e. The molecule has 2 N–H and O–H groups in total. The van der Waals surface area contributed by atoms with E-state index in [2.05, 4.69) is 10.6 Å². The molecule has 2 rings (SSSR count). The summed E-state index contributed by atoms with van der Waals surface area (Å²) in [6.07, 6.45) is -0.224. The Balaban J connectivity index is 2.06. The summed E-state index contributed by atoms with van der Waals surface area (Å²) in [6, 6.07) is 13.8. The van der Waals surface area contributed by atoms with Crippen molar-refractivity contribution in [3.63, 3.8) is 0 Å². The molecule has 0 aliphatic carbocycles. The first kappa shape index (κ1) is 21.2. The SMILES string of the molecule is CC[C@H](Oc1ccc(OC)cc1)C(=O)Nc1ccccc1C(=O)NCCOC. The third-order valence-electron chi connectivity index (χ3n) is 4.02. The van der Waals surface area contributed by atoms with Crippen molar-refractivity contribution < 1.29 is 23.8 Å². The Bertz CT molecular complexity index is 777. The molecule has 0 spiro atoms. The third kappa shape index (κ3) is 5.99. The van der Waals surface area contributed by atoms with E-state index in [1.54, 1.807) is 62.8 Å². The molecule has 0 saturated carbocycles. The van der Waals surface area contributed by atoms with E-state index in [0.717, 1.165) is 0 Å². The van der Waals surface area contributed by atoms with Gasteiger partial charge in [-0.2, -0.15) is 0 Å². The summed E-state index contributed by atoms with van der Waals surface area (Å²) in [4.78, 5) is 25.0. The van der Waals surface area contributed by atoms with Crippen LogP contribution in [0.4, 0.5) is 5.69 Å². The minimum Gasteiger partial charge on any atom is -0.497 e. The molecule has 2 aromatic rings. The lowest BCUT2D eigenvalue weighted by Crippen LogP contribution is -2.34. The first-order valence-electron chi connectivity index (χ1n) is 9.06. The van der Waals surface area contributed by atoms with Gasteiger partial charge in [0.15, 0.2) is 6.10 Å². The summed E-state index contributed by atoms with van der Waals surface area (Å²) in [5.41, 5.74) is 0.811. The van der Waals surface area contributed by atoms with Gasteiger partial charge in [-0.25, -0.2) is 0 Å². The van der Waals surface area contributed by atoms with E-state index in [0.29, 0.717) is 42.3 Å². The quantitative estimate of drug-likeness (QED) is 0.613. The van der Waals surface area contributed by atoms with Crippen LogP contribution >= 0.6 is 0 Å². The van der Waals surface area contributed by atoms with Gasteiger partial charge in [-0.1, -0.05) is 19.1 Å². The average Bonchev–Trinajstić information content (AvgIpc) is 2.72. The molecule has 0 heterocycles. The first-order valence-corrected chi connectivity index (χ1v) is 9.06. The summed E-state index contributed by atoms with van der Waals surface area (Å²) in [5, 5.41) is 5.54. The van der Waals surface area contributed by atoms with Gasteiger partial charge in [0.25, 0.3) is 11.8 Å². The second-order valence-electron chi connectivity index (χ2n) is 5.97. The van der Waals surface area contributed by atoms with Gasteiger partial charge >= 0.3 is 0 Å². The number of carbonyl (C=O) groups excluding carboxylic acids is 2. The predicted octanol–water partition coefficient (Wildman–Crippen LogP) is 2.87. The van der Waals surface area contributed by atoms with Crippen LogP contribution in [0.15, 0.2) is 48.5 Å². The summed E-state index contributed by atoms with van der Waals surface area (Å²) >= 11 is 0. The summed E-state index contributed by atoms with van der Waals surface area (Å²) in [7, 11) is 3.15. The first-order chi connectivity index (χ1) is 13.6. The van der Waals surface area contributed by atoms with Crippen molar-refractivity contribution >= 4 is 17.5 Å². The van der Waals surface area contributed by atoms with Crippen LogP contribution in [0, 0.1) is 0 Å². The molecule has 1 atom stereocenters. The minimum atomic E-state index is -0.696. The number of hydrogen-bond donors (Lipinski definition) is 2. The molecule has 7 nitrogen and oxygen atoms in total. The number of para-hydroxylation sites is 1. The number of hydrogen-bond acceptors (Lipinski definition) is 5. The summed E-state index contributed by atoms with van der Waals surface area (Å²) < 4.78 is 15.8. The number of anilines is 1. The molecule has 28 heavy (non-hydrogen) atoms. The number of benzene rings is 2. The van der Waals surface area contributed by atoms with Crippen LogP contribution in [-0.4, -0.2) is 45.3 Å². The zero-order valence-electron chi connectivity index (χ0n) is 16.4. The molecule has 2 aromatic carbocycles. The normalized spacial score (nSPS) is 11.4. The number of methoxy groups -OCH3 is 2. The van der Waals surface area contributed by atoms with Crippen LogP contribution in [0.2, 0.25) is 0 Å². The van der Waals surface area contributed by atoms with Crippen LogP contribution in [0.25, 0.3) is 0 Å². The molecule has 0 fully saturated rings. The summed E-state index contributed by atoms with van der Waals surface area (Å²) in [5.74, 6) is 0.666. The van der Waals surface area contributed by atoms with Crippen molar-refractivity contribution in [2.24, 2.45) is 0 Å². The van der Waals surface area contributed by atoms with Gasteiger partial charge in [0.2, 0.25) is 0 Å². The number of carbonyl (C=O) groups is 2. The highest BCUT2D eigenvalue weighted by molar-refractivity contribution is 6.04. The maximum absolute atomic E-state index is 12.7. The molecular weight excluding hydrogens is 360 g/mol. The number of nitrogens with one attached hydrogen (secondary N) is 2. The molecule has 0 aliphatic heterocycles. The molecule has 0 aliphatic rings. The fraction of sp³-hybridized carbons (Fsp3) is 0.333. The van der Waals surface area contributed by atoms with E-state index in [-0.39, 0.29) is 11.8 Å². The van der Waals surface area contributed by atoms with E-state index in [1.807, 2.05) is 6.92 Å². The minimum absolute atomic E-state index is 0.280. The van der Waals surface area contributed by atoms with E-state index >= 15 is 0 Å². The zero-order chi connectivity index (χ0) is 20.4. The van der Waals surface area contributed by atoms with Crippen LogP contribution < -0.4 is 20.1 Å². The average molecular weight is 386 g/mol. The van der Waals surface area contributed by atoms with Crippen LogP contribution in [0.5, 0.6) is 11.5 Å². The van der Waals surface area contributed by atoms with Gasteiger partial charge in [0.1, 0.15) is 11.5 Å². The van der Waals surface area contributed by atoms with E-state index in [9.17, 15) is 9.59 Å². The highest BCUT2D eigenvalue weighted by atomic mass is 16.5. The largest absolute Gasteiger partial charge is 0.497 e. The van der Waals surface area contributed by atoms with Crippen molar-refractivity contribution in [1.29, 1.82) is 0 Å². The van der Waals surface area contributed by atoms with Gasteiger partial charge in [-0.15, -0.1) is 0 Å². The zero-order valence-corrected chi connectivity index (χ0v) is 16.4. The van der Waals surface area contributed by atoms with Gasteiger partial charge < -0.3 is 24.8 Å². The van der Waals surface area contributed by atoms with E-state index < -0.39 is 6.10 Å². The van der Waals surface area contributed by atoms with Crippen LogP contribution in [0.3, 0.4) is 0 Å². The highest BCUT2D eigenvalue weighted by Crippen LogP contribution is 2.20. The fourth-order valence-corrected chi connectivity index (χ4v) is 2.51. The Kier molecular flexibility index (Phi) is 8.30. The second kappa shape index (κ2) is 10.9. The van der Waals surface area contributed by atoms with Crippen molar-refractivity contribution in [2.45, 2.75) is 19.4 Å². The second-order valence-corrected chi connectivity index (χ2v) is 5.97. The topological polar surface area (TPSA) is 85.9 Å². The van der Waals surface area contributed by atoms with Crippen LogP contribution in [-0.2, 0) is 9.53 Å². The standard InChI is InChI=1S/C21H26N2O5/c1-4-19(28-16-11-9-15(27-3)10-12-16)21(25)23-18-8-6-5-7-17(18)20(24)22-13-14-26-2/h5-12,19H,4,13-14H2,1-3H3,(H,22,24)(H,23,25)/t19-/m0/s1. The fourth-order valence-electron chi connectivity index (χ4n) is 2.51. The van der Waals surface area contributed by atoms with Crippen LogP contribution in [0.1, 0.15) is 23.7 Å². The Morgan fingerprint density at radius 2 is 1.68 bits per heavy atom. The predicted molar refractivity (Wildman–Crippen MR) is 107 cm³/mol. The van der Waals surface area contributed by atoms with Gasteiger partial charge in [0.05, 0.1) is 25.0 Å². The third-order valence-corrected chi connectivity index (χ3v) is 4.02. The molecule has 2 amide bonds. The Labute approximate surface area is 165 Å². The number of ether oxygens (including phenoxy) is 3. The molecular formula is C21H26N2O5. The highest BCUT2D eigenvalue weighted by Gasteiger charge is 2.21. The Morgan fingerprint density at radius 1 is 1.00 bits per heavy atom. The molecule has 0 radical (unpaired) electrons. The monoisotopic (exact) mass is 386 g/mol. The Hall–Kier alpha value is -3.06. The van der Waals surface area contributed by atoms with Crippen molar-refractivity contribution in [3.8, 4) is 11.5 Å². The Morgan fingerprint density at radius 3 is 2.32 bits per heavy atom. The summed E-state index contributed by atoms with van der Waals surface area (Å²) in [6.45, 7) is 2.65. The smallest absolute Gasteiger partial charge is 0.265 e. The van der Waals surface area contributed by atoms with Crippen molar-refractivity contribution in [3.05, 3.63) is 54.1 Å². The molecule has 0 aromatic heterocycles. The van der Waals surface area contributed by atoms with Gasteiger partial charge in [-0.05, 0) is 42.8 Å².